The summed E-state index contributed by atoms with van der Waals surface area (Å²) in [6, 6.07) is 5.66. The van der Waals surface area contributed by atoms with Crippen LogP contribution in [0.5, 0.6) is 11.5 Å². The molecule has 0 spiro atoms. The number of carbonyl (C=O) groups is 1. The predicted molar refractivity (Wildman–Crippen MR) is 84.2 cm³/mol. The molecule has 1 saturated heterocycles. The maximum absolute atomic E-state index is 12.0. The molecule has 0 aliphatic carbocycles. The zero-order chi connectivity index (χ0) is 14.5. The van der Waals surface area contributed by atoms with E-state index >= 15 is 0 Å². The summed E-state index contributed by atoms with van der Waals surface area (Å²) >= 11 is 0. The van der Waals surface area contributed by atoms with E-state index in [0.29, 0.717) is 24.0 Å². The molecular formula is C15H23ClN2O3. The smallest absolute Gasteiger partial charge is 0.223 e. The van der Waals surface area contributed by atoms with Crippen LogP contribution in [-0.4, -0.2) is 33.2 Å². The van der Waals surface area contributed by atoms with Gasteiger partial charge in [-0.3, -0.25) is 4.79 Å². The molecule has 0 aromatic heterocycles. The topological polar surface area (TPSA) is 59.6 Å². The highest BCUT2D eigenvalue weighted by Gasteiger charge is 2.28. The number of hydrogen-bond acceptors (Lipinski definition) is 4. The van der Waals surface area contributed by atoms with E-state index in [0.717, 1.165) is 18.7 Å². The molecule has 6 heteroatoms. The minimum absolute atomic E-state index is 0. The molecule has 0 bridgehead atoms. The number of halogens is 1. The molecule has 1 unspecified atom stereocenters. The number of hydrogen-bond donors (Lipinski definition) is 2. The maximum Gasteiger partial charge on any atom is 0.223 e. The summed E-state index contributed by atoms with van der Waals surface area (Å²) in [4.78, 5) is 12.0. The minimum atomic E-state index is 0. The summed E-state index contributed by atoms with van der Waals surface area (Å²) in [7, 11) is 3.21. The monoisotopic (exact) mass is 314 g/mol. The second kappa shape index (κ2) is 8.10. The molecule has 0 saturated carbocycles. The lowest BCUT2D eigenvalue weighted by Crippen LogP contribution is -2.49. The number of rotatable bonds is 6. The maximum atomic E-state index is 12.0. The van der Waals surface area contributed by atoms with Gasteiger partial charge in [-0.1, -0.05) is 13.0 Å². The Balaban J connectivity index is 0.00000220. The van der Waals surface area contributed by atoms with E-state index < -0.39 is 0 Å². The highest BCUT2D eigenvalue weighted by Crippen LogP contribution is 2.27. The Hall–Kier alpha value is -1.46. The van der Waals surface area contributed by atoms with Crippen LogP contribution in [0.1, 0.15) is 12.5 Å². The molecule has 1 aromatic rings. The quantitative estimate of drug-likeness (QED) is 0.837. The summed E-state index contributed by atoms with van der Waals surface area (Å²) < 4.78 is 10.4. The van der Waals surface area contributed by atoms with Crippen molar-refractivity contribution in [2.45, 2.75) is 13.5 Å². The number of benzene rings is 1. The van der Waals surface area contributed by atoms with Gasteiger partial charge in [-0.15, -0.1) is 12.4 Å². The van der Waals surface area contributed by atoms with Crippen LogP contribution in [-0.2, 0) is 11.3 Å². The molecule has 1 fully saturated rings. The van der Waals surface area contributed by atoms with E-state index in [1.54, 1.807) is 14.2 Å². The summed E-state index contributed by atoms with van der Waals surface area (Å²) in [5.41, 5.74) is 0.995. The average molecular weight is 315 g/mol. The fraction of sp³-hybridized carbons (Fsp3) is 0.533. The van der Waals surface area contributed by atoms with E-state index in [2.05, 4.69) is 10.6 Å². The number of methoxy groups -OCH3 is 2. The van der Waals surface area contributed by atoms with Gasteiger partial charge in [0, 0.05) is 12.5 Å². The van der Waals surface area contributed by atoms with Gasteiger partial charge in [-0.25, -0.2) is 0 Å². The third-order valence-electron chi connectivity index (χ3n) is 3.85. The van der Waals surface area contributed by atoms with Gasteiger partial charge in [0.05, 0.1) is 14.2 Å². The second-order valence-electron chi connectivity index (χ2n) is 5.11. The van der Waals surface area contributed by atoms with Gasteiger partial charge in [0.1, 0.15) is 0 Å². The first-order valence-electron chi connectivity index (χ1n) is 6.85. The van der Waals surface area contributed by atoms with Crippen LogP contribution in [0.3, 0.4) is 0 Å². The molecule has 1 heterocycles. The van der Waals surface area contributed by atoms with Crippen molar-refractivity contribution in [1.29, 1.82) is 0 Å². The summed E-state index contributed by atoms with van der Waals surface area (Å²) in [5.74, 6) is 1.98. The summed E-state index contributed by atoms with van der Waals surface area (Å²) in [6.45, 7) is 4.36. The first kappa shape index (κ1) is 17.6. The van der Waals surface area contributed by atoms with Crippen LogP contribution in [0.25, 0.3) is 0 Å². The molecule has 1 aliphatic rings. The average Bonchev–Trinajstić information content (AvgIpc) is 2.42. The third-order valence-corrected chi connectivity index (χ3v) is 3.85. The predicted octanol–water partition coefficient (Wildman–Crippen LogP) is 1.60. The first-order chi connectivity index (χ1) is 9.65. The molecule has 5 nitrogen and oxygen atoms in total. The van der Waals surface area contributed by atoms with Crippen molar-refractivity contribution >= 4 is 18.3 Å². The second-order valence-corrected chi connectivity index (χ2v) is 5.11. The lowest BCUT2D eigenvalue weighted by Gasteiger charge is -2.31. The standard InChI is InChI=1S/C15H22N2O3.ClH/c1-10(12-8-16-9-12)15(18)17-7-11-4-5-13(19-2)14(6-11)20-3;/h4-6,10,12,16H,7-9H2,1-3H3,(H,17,18);1H. The van der Waals surface area contributed by atoms with Crippen molar-refractivity contribution in [2.24, 2.45) is 11.8 Å². The van der Waals surface area contributed by atoms with E-state index in [1.165, 1.54) is 0 Å². The van der Waals surface area contributed by atoms with E-state index in [9.17, 15) is 4.79 Å². The molecule has 2 N–H and O–H groups in total. The molecule has 1 amide bonds. The Bertz CT molecular complexity index is 478. The zero-order valence-corrected chi connectivity index (χ0v) is 13.5. The first-order valence-corrected chi connectivity index (χ1v) is 6.85. The van der Waals surface area contributed by atoms with Gasteiger partial charge >= 0.3 is 0 Å². The van der Waals surface area contributed by atoms with Gasteiger partial charge in [-0.2, -0.15) is 0 Å². The van der Waals surface area contributed by atoms with Crippen LogP contribution in [0.2, 0.25) is 0 Å². The summed E-state index contributed by atoms with van der Waals surface area (Å²) in [6.07, 6.45) is 0. The highest BCUT2D eigenvalue weighted by molar-refractivity contribution is 5.85. The van der Waals surface area contributed by atoms with Crippen molar-refractivity contribution < 1.29 is 14.3 Å². The SMILES string of the molecule is COc1ccc(CNC(=O)C(C)C2CNC2)cc1OC.Cl. The highest BCUT2D eigenvalue weighted by atomic mass is 35.5. The Kier molecular flexibility index (Phi) is 6.78. The molecule has 1 aromatic carbocycles. The van der Waals surface area contributed by atoms with Crippen molar-refractivity contribution in [3.8, 4) is 11.5 Å². The Morgan fingerprint density at radius 3 is 2.52 bits per heavy atom. The van der Waals surface area contributed by atoms with Gasteiger partial charge in [0.15, 0.2) is 11.5 Å². The Labute approximate surface area is 131 Å². The normalized spacial score (nSPS) is 15.4. The van der Waals surface area contributed by atoms with Gasteiger partial charge in [0.2, 0.25) is 5.91 Å². The van der Waals surface area contributed by atoms with Crippen molar-refractivity contribution in [3.63, 3.8) is 0 Å². The third kappa shape index (κ3) is 4.25. The fourth-order valence-corrected chi connectivity index (χ4v) is 2.22. The number of carbonyl (C=O) groups excluding carboxylic acids is 1. The van der Waals surface area contributed by atoms with Crippen LogP contribution >= 0.6 is 12.4 Å². The minimum Gasteiger partial charge on any atom is -0.493 e. The van der Waals surface area contributed by atoms with Crippen molar-refractivity contribution in [3.05, 3.63) is 23.8 Å². The van der Waals surface area contributed by atoms with E-state index in [4.69, 9.17) is 9.47 Å². The van der Waals surface area contributed by atoms with Crippen LogP contribution in [0, 0.1) is 11.8 Å². The Morgan fingerprint density at radius 1 is 1.33 bits per heavy atom. The lowest BCUT2D eigenvalue weighted by molar-refractivity contribution is -0.126. The molecular weight excluding hydrogens is 292 g/mol. The largest absolute Gasteiger partial charge is 0.493 e. The molecule has 118 valence electrons. The van der Waals surface area contributed by atoms with Gasteiger partial charge < -0.3 is 20.1 Å². The van der Waals surface area contributed by atoms with E-state index in [1.807, 2.05) is 25.1 Å². The van der Waals surface area contributed by atoms with Crippen molar-refractivity contribution in [1.82, 2.24) is 10.6 Å². The number of ether oxygens (including phenoxy) is 2. The lowest BCUT2D eigenvalue weighted by atomic mass is 9.88. The zero-order valence-electron chi connectivity index (χ0n) is 12.6. The molecule has 2 rings (SSSR count). The van der Waals surface area contributed by atoms with Crippen LogP contribution in [0.15, 0.2) is 18.2 Å². The number of nitrogens with one attached hydrogen (secondary N) is 2. The molecule has 1 aliphatic heterocycles. The fourth-order valence-electron chi connectivity index (χ4n) is 2.22. The number of amides is 1. The molecule has 21 heavy (non-hydrogen) atoms. The molecule has 0 radical (unpaired) electrons. The molecule has 1 atom stereocenters. The van der Waals surface area contributed by atoms with E-state index in [-0.39, 0.29) is 24.2 Å². The van der Waals surface area contributed by atoms with Gasteiger partial charge in [-0.05, 0) is 36.7 Å². The van der Waals surface area contributed by atoms with Crippen molar-refractivity contribution in [2.75, 3.05) is 27.3 Å². The summed E-state index contributed by atoms with van der Waals surface area (Å²) in [5, 5.41) is 6.16. The Morgan fingerprint density at radius 2 is 2.00 bits per heavy atom. The van der Waals surface area contributed by atoms with Crippen LogP contribution in [0.4, 0.5) is 0 Å². The van der Waals surface area contributed by atoms with Gasteiger partial charge in [0.25, 0.3) is 0 Å². The van der Waals surface area contributed by atoms with Crippen LogP contribution < -0.4 is 20.1 Å².